The van der Waals surface area contributed by atoms with Gasteiger partial charge in [-0.25, -0.2) is 4.79 Å². The van der Waals surface area contributed by atoms with Crippen molar-refractivity contribution in [1.29, 1.82) is 0 Å². The third-order valence-corrected chi connectivity index (χ3v) is 5.05. The average Bonchev–Trinajstić information content (AvgIpc) is 2.67. The lowest BCUT2D eigenvalue weighted by Crippen LogP contribution is -2.50. The number of urea groups is 1. The van der Waals surface area contributed by atoms with Crippen LogP contribution in [0.25, 0.3) is 0 Å². The molecule has 0 radical (unpaired) electrons. The van der Waals surface area contributed by atoms with E-state index >= 15 is 0 Å². The van der Waals surface area contributed by atoms with E-state index < -0.39 is 0 Å². The molecule has 25 heavy (non-hydrogen) atoms. The summed E-state index contributed by atoms with van der Waals surface area (Å²) in [7, 11) is 0. The quantitative estimate of drug-likeness (QED) is 0.861. The molecule has 0 aliphatic carbocycles. The Morgan fingerprint density at radius 3 is 2.56 bits per heavy atom. The fraction of sp³-hybridized carbons (Fsp3) is 0.600. The zero-order chi connectivity index (χ0) is 18.2. The number of hydrogen-bond donors (Lipinski definition) is 1. The largest absolute Gasteiger partial charge is 0.355 e. The van der Waals surface area contributed by atoms with Gasteiger partial charge in [-0.2, -0.15) is 0 Å². The number of carbonyl (C=O) groups excluding carboxylic acids is 2. The van der Waals surface area contributed by atoms with E-state index in [-0.39, 0.29) is 23.8 Å². The second kappa shape index (κ2) is 9.44. The SMILES string of the molecule is CCN(CC)C(=O)N1CCCC(C(=O)NCC(C)c2ccccc2)C1. The fourth-order valence-electron chi connectivity index (χ4n) is 3.36. The van der Waals surface area contributed by atoms with E-state index in [4.69, 9.17) is 0 Å². The van der Waals surface area contributed by atoms with Crippen LogP contribution in [0.1, 0.15) is 45.1 Å². The average molecular weight is 345 g/mol. The first-order chi connectivity index (χ1) is 12.1. The molecule has 1 N–H and O–H groups in total. The Morgan fingerprint density at radius 2 is 1.92 bits per heavy atom. The molecule has 1 aliphatic heterocycles. The first-order valence-electron chi connectivity index (χ1n) is 9.43. The maximum atomic E-state index is 12.5. The summed E-state index contributed by atoms with van der Waals surface area (Å²) >= 11 is 0. The summed E-state index contributed by atoms with van der Waals surface area (Å²) in [6.45, 7) is 9.41. The highest BCUT2D eigenvalue weighted by Gasteiger charge is 2.30. The summed E-state index contributed by atoms with van der Waals surface area (Å²) in [6.07, 6.45) is 1.74. The van der Waals surface area contributed by atoms with Gasteiger partial charge >= 0.3 is 6.03 Å². The fourth-order valence-corrected chi connectivity index (χ4v) is 3.36. The van der Waals surface area contributed by atoms with E-state index in [0.717, 1.165) is 19.4 Å². The molecule has 1 saturated heterocycles. The Bertz CT molecular complexity index is 557. The van der Waals surface area contributed by atoms with Crippen LogP contribution in [-0.2, 0) is 4.79 Å². The number of amides is 3. The standard InChI is InChI=1S/C20H31N3O2/c1-4-22(5-2)20(25)23-13-9-12-18(15-23)19(24)21-14-16(3)17-10-7-6-8-11-17/h6-8,10-11,16,18H,4-5,9,12-15H2,1-3H3,(H,21,24). The molecule has 0 saturated carbocycles. The Morgan fingerprint density at radius 1 is 1.24 bits per heavy atom. The lowest BCUT2D eigenvalue weighted by atomic mass is 9.96. The lowest BCUT2D eigenvalue weighted by Gasteiger charge is -2.35. The molecule has 2 atom stereocenters. The van der Waals surface area contributed by atoms with Crippen LogP contribution in [0.4, 0.5) is 4.79 Å². The molecular weight excluding hydrogens is 314 g/mol. The number of carbonyl (C=O) groups is 2. The Labute approximate surface area is 151 Å². The number of nitrogens with one attached hydrogen (secondary N) is 1. The summed E-state index contributed by atoms with van der Waals surface area (Å²) in [5.41, 5.74) is 1.23. The van der Waals surface area contributed by atoms with Crippen LogP contribution in [-0.4, -0.2) is 54.5 Å². The molecule has 0 aromatic heterocycles. The molecule has 0 spiro atoms. The van der Waals surface area contributed by atoms with Gasteiger partial charge in [0.15, 0.2) is 0 Å². The van der Waals surface area contributed by atoms with Crippen LogP contribution in [0, 0.1) is 5.92 Å². The van der Waals surface area contributed by atoms with E-state index in [2.05, 4.69) is 24.4 Å². The maximum Gasteiger partial charge on any atom is 0.320 e. The number of likely N-dealkylation sites (tertiary alicyclic amines) is 1. The molecule has 1 aromatic rings. The summed E-state index contributed by atoms with van der Waals surface area (Å²) < 4.78 is 0. The first kappa shape index (κ1) is 19.3. The van der Waals surface area contributed by atoms with Gasteiger partial charge in [-0.15, -0.1) is 0 Å². The second-order valence-corrected chi connectivity index (χ2v) is 6.80. The Balaban J connectivity index is 1.86. The smallest absolute Gasteiger partial charge is 0.320 e. The minimum Gasteiger partial charge on any atom is -0.355 e. The van der Waals surface area contributed by atoms with E-state index in [9.17, 15) is 9.59 Å². The molecule has 3 amide bonds. The number of nitrogens with zero attached hydrogens (tertiary/aromatic N) is 2. The predicted molar refractivity (Wildman–Crippen MR) is 100 cm³/mol. The zero-order valence-corrected chi connectivity index (χ0v) is 15.7. The predicted octanol–water partition coefficient (Wildman–Crippen LogP) is 3.08. The van der Waals surface area contributed by atoms with E-state index in [1.165, 1.54) is 5.56 Å². The van der Waals surface area contributed by atoms with Crippen LogP contribution in [0.15, 0.2) is 30.3 Å². The molecule has 138 valence electrons. The molecule has 1 aromatic carbocycles. The van der Waals surface area contributed by atoms with Gasteiger partial charge in [0.2, 0.25) is 5.91 Å². The van der Waals surface area contributed by atoms with Crippen molar-refractivity contribution in [2.75, 3.05) is 32.7 Å². The highest BCUT2D eigenvalue weighted by atomic mass is 16.2. The molecule has 1 heterocycles. The molecule has 2 rings (SSSR count). The van der Waals surface area contributed by atoms with Crippen molar-refractivity contribution in [3.8, 4) is 0 Å². The zero-order valence-electron chi connectivity index (χ0n) is 15.7. The number of hydrogen-bond acceptors (Lipinski definition) is 2. The van der Waals surface area contributed by atoms with E-state index in [0.29, 0.717) is 26.2 Å². The molecule has 0 bridgehead atoms. The van der Waals surface area contributed by atoms with Crippen LogP contribution >= 0.6 is 0 Å². The molecular formula is C20H31N3O2. The monoisotopic (exact) mass is 345 g/mol. The third-order valence-electron chi connectivity index (χ3n) is 5.05. The van der Waals surface area contributed by atoms with Gasteiger partial charge in [-0.1, -0.05) is 37.3 Å². The van der Waals surface area contributed by atoms with Crippen LogP contribution in [0.5, 0.6) is 0 Å². The van der Waals surface area contributed by atoms with Gasteiger partial charge < -0.3 is 15.1 Å². The van der Waals surface area contributed by atoms with Crippen molar-refractivity contribution in [2.45, 2.75) is 39.5 Å². The van der Waals surface area contributed by atoms with Gasteiger partial charge in [0.05, 0.1) is 5.92 Å². The highest BCUT2D eigenvalue weighted by molar-refractivity contribution is 5.81. The van der Waals surface area contributed by atoms with Crippen LogP contribution < -0.4 is 5.32 Å². The summed E-state index contributed by atoms with van der Waals surface area (Å²) in [4.78, 5) is 28.7. The van der Waals surface area contributed by atoms with Crippen molar-refractivity contribution >= 4 is 11.9 Å². The first-order valence-corrected chi connectivity index (χ1v) is 9.43. The number of piperidine rings is 1. The van der Waals surface area contributed by atoms with E-state index in [1.807, 2.05) is 41.8 Å². The van der Waals surface area contributed by atoms with Crippen molar-refractivity contribution in [3.05, 3.63) is 35.9 Å². The van der Waals surface area contributed by atoms with Crippen molar-refractivity contribution in [1.82, 2.24) is 15.1 Å². The molecule has 1 aliphatic rings. The second-order valence-electron chi connectivity index (χ2n) is 6.80. The normalized spacial score (nSPS) is 18.5. The minimum atomic E-state index is -0.101. The number of rotatable bonds is 6. The van der Waals surface area contributed by atoms with Gasteiger partial charge in [0, 0.05) is 32.7 Å². The molecule has 1 fully saturated rings. The van der Waals surface area contributed by atoms with Crippen LogP contribution in [0.3, 0.4) is 0 Å². The lowest BCUT2D eigenvalue weighted by molar-refractivity contribution is -0.126. The Hall–Kier alpha value is -2.04. The topological polar surface area (TPSA) is 52.7 Å². The highest BCUT2D eigenvalue weighted by Crippen LogP contribution is 2.19. The van der Waals surface area contributed by atoms with Crippen LogP contribution in [0.2, 0.25) is 0 Å². The van der Waals surface area contributed by atoms with Gasteiger partial charge in [0.25, 0.3) is 0 Å². The molecule has 5 nitrogen and oxygen atoms in total. The van der Waals surface area contributed by atoms with Gasteiger partial charge in [-0.05, 0) is 38.2 Å². The van der Waals surface area contributed by atoms with Gasteiger partial charge in [0.1, 0.15) is 0 Å². The summed E-state index contributed by atoms with van der Waals surface area (Å²) in [6, 6.07) is 10.3. The maximum absolute atomic E-state index is 12.5. The van der Waals surface area contributed by atoms with Crippen molar-refractivity contribution < 1.29 is 9.59 Å². The van der Waals surface area contributed by atoms with Crippen molar-refractivity contribution in [3.63, 3.8) is 0 Å². The van der Waals surface area contributed by atoms with E-state index in [1.54, 1.807) is 0 Å². The molecule has 2 unspecified atom stereocenters. The number of benzene rings is 1. The van der Waals surface area contributed by atoms with Gasteiger partial charge in [-0.3, -0.25) is 4.79 Å². The summed E-state index contributed by atoms with van der Waals surface area (Å²) in [5.74, 6) is 0.248. The molecule has 5 heteroatoms. The third kappa shape index (κ3) is 5.21. The summed E-state index contributed by atoms with van der Waals surface area (Å²) in [5, 5.41) is 3.08. The minimum absolute atomic E-state index is 0.0557. The van der Waals surface area contributed by atoms with Crippen molar-refractivity contribution in [2.24, 2.45) is 5.92 Å². The Kier molecular flexibility index (Phi) is 7.29.